The average Bonchev–Trinajstić information content (AvgIpc) is 2.60. The summed E-state index contributed by atoms with van der Waals surface area (Å²) in [6.07, 6.45) is 1.23. The van der Waals surface area contributed by atoms with E-state index in [1.165, 1.54) is 0 Å². The molecule has 4 heteroatoms. The molecule has 0 spiro atoms. The van der Waals surface area contributed by atoms with Gasteiger partial charge in [-0.05, 0) is 40.5 Å². The molecule has 1 aromatic rings. The molecule has 0 bridgehead atoms. The summed E-state index contributed by atoms with van der Waals surface area (Å²) in [6, 6.07) is 5.50. The highest BCUT2D eigenvalue weighted by Gasteiger charge is 2.31. The number of phenols is 1. The van der Waals surface area contributed by atoms with Crippen LogP contribution in [0.15, 0.2) is 22.7 Å². The van der Waals surface area contributed by atoms with E-state index < -0.39 is 5.60 Å². The SMILES string of the molecule is Oc1c(Br)cccc1CC1(O)CCNC1. The summed E-state index contributed by atoms with van der Waals surface area (Å²) in [5.74, 6) is 0.234. The van der Waals surface area contributed by atoms with Crippen LogP contribution in [0.4, 0.5) is 0 Å². The largest absolute Gasteiger partial charge is 0.506 e. The lowest BCUT2D eigenvalue weighted by molar-refractivity contribution is 0.0612. The molecule has 0 aliphatic carbocycles. The maximum atomic E-state index is 10.2. The second-order valence-electron chi connectivity index (χ2n) is 4.08. The molecule has 1 heterocycles. The highest BCUT2D eigenvalue weighted by molar-refractivity contribution is 9.10. The number of aromatic hydroxyl groups is 1. The van der Waals surface area contributed by atoms with Crippen LogP contribution in [0.5, 0.6) is 5.75 Å². The Balaban J connectivity index is 2.20. The number of β-amino-alcohol motifs (C(OH)–C–C–N with tert-alkyl or cyclic N) is 1. The molecule has 1 aromatic carbocycles. The summed E-state index contributed by atoms with van der Waals surface area (Å²) in [6.45, 7) is 1.43. The van der Waals surface area contributed by atoms with Crippen LogP contribution in [-0.4, -0.2) is 28.9 Å². The Morgan fingerprint density at radius 2 is 2.27 bits per heavy atom. The van der Waals surface area contributed by atoms with Crippen molar-refractivity contribution in [1.82, 2.24) is 5.32 Å². The lowest BCUT2D eigenvalue weighted by Crippen LogP contribution is -2.33. The number of phenolic OH excluding ortho intramolecular Hbond substituents is 1. The summed E-state index contributed by atoms with van der Waals surface area (Å²) < 4.78 is 0.676. The first-order valence-corrected chi connectivity index (χ1v) is 5.79. The number of benzene rings is 1. The number of rotatable bonds is 2. The van der Waals surface area contributed by atoms with Gasteiger partial charge in [0.15, 0.2) is 0 Å². The molecule has 3 N–H and O–H groups in total. The van der Waals surface area contributed by atoms with Crippen LogP contribution in [-0.2, 0) is 6.42 Å². The second-order valence-corrected chi connectivity index (χ2v) is 4.93. The van der Waals surface area contributed by atoms with E-state index in [0.29, 0.717) is 17.4 Å². The van der Waals surface area contributed by atoms with Gasteiger partial charge in [-0.3, -0.25) is 0 Å². The third-order valence-corrected chi connectivity index (χ3v) is 3.45. The Morgan fingerprint density at radius 3 is 2.93 bits per heavy atom. The summed E-state index contributed by atoms with van der Waals surface area (Å²) in [5, 5.41) is 23.1. The Bertz CT molecular complexity index is 362. The monoisotopic (exact) mass is 271 g/mol. The van der Waals surface area contributed by atoms with Crippen molar-refractivity contribution < 1.29 is 10.2 Å². The highest BCUT2D eigenvalue weighted by Crippen LogP contribution is 2.31. The second kappa shape index (κ2) is 4.12. The molecule has 0 aromatic heterocycles. The maximum Gasteiger partial charge on any atom is 0.133 e. The Labute approximate surface area is 97.3 Å². The smallest absolute Gasteiger partial charge is 0.133 e. The molecule has 1 atom stereocenters. The summed E-state index contributed by atoms with van der Waals surface area (Å²) in [4.78, 5) is 0. The minimum Gasteiger partial charge on any atom is -0.506 e. The van der Waals surface area contributed by atoms with Crippen molar-refractivity contribution in [1.29, 1.82) is 0 Å². The van der Waals surface area contributed by atoms with Crippen LogP contribution in [0.1, 0.15) is 12.0 Å². The Morgan fingerprint density at radius 1 is 1.47 bits per heavy atom. The Hall–Kier alpha value is -0.580. The fraction of sp³-hybridized carbons (Fsp3) is 0.455. The zero-order chi connectivity index (χ0) is 10.9. The van der Waals surface area contributed by atoms with E-state index in [4.69, 9.17) is 0 Å². The molecule has 0 radical (unpaired) electrons. The first kappa shape index (κ1) is 10.9. The van der Waals surface area contributed by atoms with E-state index in [9.17, 15) is 10.2 Å². The van der Waals surface area contributed by atoms with Crippen LogP contribution in [0.2, 0.25) is 0 Å². The third-order valence-electron chi connectivity index (χ3n) is 2.81. The molecule has 1 aliphatic heterocycles. The zero-order valence-electron chi connectivity index (χ0n) is 8.33. The molecule has 1 unspecified atom stereocenters. The molecular formula is C11H14BrNO2. The summed E-state index contributed by atoms with van der Waals surface area (Å²) in [7, 11) is 0. The van der Waals surface area contributed by atoms with Crippen LogP contribution >= 0.6 is 15.9 Å². The van der Waals surface area contributed by atoms with E-state index in [-0.39, 0.29) is 5.75 Å². The number of hydrogen-bond acceptors (Lipinski definition) is 3. The molecule has 0 amide bonds. The molecule has 3 nitrogen and oxygen atoms in total. The first-order valence-electron chi connectivity index (χ1n) is 5.00. The van der Waals surface area contributed by atoms with Crippen molar-refractivity contribution in [3.8, 4) is 5.75 Å². The molecule has 2 rings (SSSR count). The van der Waals surface area contributed by atoms with Gasteiger partial charge in [0.25, 0.3) is 0 Å². The van der Waals surface area contributed by atoms with Crippen LogP contribution in [0.3, 0.4) is 0 Å². The van der Waals surface area contributed by atoms with Crippen LogP contribution in [0, 0.1) is 0 Å². The van der Waals surface area contributed by atoms with E-state index >= 15 is 0 Å². The number of hydrogen-bond donors (Lipinski definition) is 3. The molecule has 1 saturated heterocycles. The minimum atomic E-state index is -0.710. The topological polar surface area (TPSA) is 52.5 Å². The highest BCUT2D eigenvalue weighted by atomic mass is 79.9. The van der Waals surface area contributed by atoms with Gasteiger partial charge in [0.2, 0.25) is 0 Å². The van der Waals surface area contributed by atoms with Crippen LogP contribution < -0.4 is 5.32 Å². The van der Waals surface area contributed by atoms with E-state index in [0.717, 1.165) is 18.5 Å². The van der Waals surface area contributed by atoms with Crippen molar-refractivity contribution in [3.63, 3.8) is 0 Å². The quantitative estimate of drug-likeness (QED) is 0.763. The van der Waals surface area contributed by atoms with Crippen molar-refractivity contribution in [2.24, 2.45) is 0 Å². The lowest BCUT2D eigenvalue weighted by Gasteiger charge is -2.21. The molecule has 0 saturated carbocycles. The molecule has 1 aliphatic rings. The van der Waals surface area contributed by atoms with Gasteiger partial charge in [-0.1, -0.05) is 12.1 Å². The Kier molecular flexibility index (Phi) is 3.00. The van der Waals surface area contributed by atoms with Crippen molar-refractivity contribution in [2.75, 3.05) is 13.1 Å². The van der Waals surface area contributed by atoms with E-state index in [2.05, 4.69) is 21.2 Å². The van der Waals surface area contributed by atoms with Gasteiger partial charge in [-0.25, -0.2) is 0 Å². The molecule has 1 fully saturated rings. The number of para-hydroxylation sites is 1. The number of halogens is 1. The number of aliphatic hydroxyl groups is 1. The van der Waals surface area contributed by atoms with Gasteiger partial charge >= 0.3 is 0 Å². The van der Waals surface area contributed by atoms with Crippen molar-refractivity contribution >= 4 is 15.9 Å². The standard InChI is InChI=1S/C11H14BrNO2/c12-9-3-1-2-8(10(9)14)6-11(15)4-5-13-7-11/h1-3,13-15H,4-7H2. The summed E-state index contributed by atoms with van der Waals surface area (Å²) in [5.41, 5.74) is 0.0775. The minimum absolute atomic E-state index is 0.234. The van der Waals surface area contributed by atoms with Crippen LogP contribution in [0.25, 0.3) is 0 Å². The van der Waals surface area contributed by atoms with E-state index in [1.807, 2.05) is 12.1 Å². The summed E-state index contributed by atoms with van der Waals surface area (Å²) >= 11 is 3.27. The van der Waals surface area contributed by atoms with Gasteiger partial charge in [-0.15, -0.1) is 0 Å². The number of nitrogens with one attached hydrogen (secondary N) is 1. The molecule has 15 heavy (non-hydrogen) atoms. The van der Waals surface area contributed by atoms with Gasteiger partial charge in [0.05, 0.1) is 10.1 Å². The molecule has 82 valence electrons. The van der Waals surface area contributed by atoms with Gasteiger partial charge in [0.1, 0.15) is 5.75 Å². The maximum absolute atomic E-state index is 10.2. The fourth-order valence-corrected chi connectivity index (χ4v) is 2.35. The molecular weight excluding hydrogens is 258 g/mol. The van der Waals surface area contributed by atoms with Gasteiger partial charge in [-0.2, -0.15) is 0 Å². The van der Waals surface area contributed by atoms with E-state index in [1.54, 1.807) is 6.07 Å². The lowest BCUT2D eigenvalue weighted by atomic mass is 9.93. The van der Waals surface area contributed by atoms with Crippen molar-refractivity contribution in [2.45, 2.75) is 18.4 Å². The average molecular weight is 272 g/mol. The normalized spacial score (nSPS) is 25.7. The third kappa shape index (κ3) is 2.33. The predicted molar refractivity (Wildman–Crippen MR) is 61.9 cm³/mol. The fourth-order valence-electron chi connectivity index (χ4n) is 1.94. The van der Waals surface area contributed by atoms with Crippen molar-refractivity contribution in [3.05, 3.63) is 28.2 Å². The predicted octanol–water partition coefficient (Wildman–Crippen LogP) is 1.42. The van der Waals surface area contributed by atoms with Gasteiger partial charge < -0.3 is 15.5 Å². The zero-order valence-corrected chi connectivity index (χ0v) is 9.92. The first-order chi connectivity index (χ1) is 7.11. The van der Waals surface area contributed by atoms with Gasteiger partial charge in [0, 0.05) is 13.0 Å².